The second-order valence-corrected chi connectivity index (χ2v) is 4.61. The molecule has 0 fully saturated rings. The maximum absolute atomic E-state index is 8.84. The van der Waals surface area contributed by atoms with E-state index in [0.717, 1.165) is 25.2 Å². The zero-order valence-corrected chi connectivity index (χ0v) is 10.2. The van der Waals surface area contributed by atoms with E-state index in [1.165, 1.54) is 0 Å². The van der Waals surface area contributed by atoms with Crippen LogP contribution in [0.1, 0.15) is 32.5 Å². The van der Waals surface area contributed by atoms with E-state index in [4.69, 9.17) is 5.26 Å². The number of nitriles is 1. The van der Waals surface area contributed by atoms with Crippen molar-refractivity contribution in [2.75, 3.05) is 6.54 Å². The molecule has 16 heavy (non-hydrogen) atoms. The lowest BCUT2D eigenvalue weighted by Crippen LogP contribution is -2.18. The van der Waals surface area contributed by atoms with Crippen LogP contribution in [0.2, 0.25) is 0 Å². The molecule has 0 atom stereocenters. The first-order valence-corrected chi connectivity index (χ1v) is 5.50. The average Bonchev–Trinajstić information content (AvgIpc) is 2.64. The molecule has 0 unspecified atom stereocenters. The second kappa shape index (κ2) is 5.61. The molecule has 0 bridgehead atoms. The van der Waals surface area contributed by atoms with Crippen molar-refractivity contribution in [1.29, 1.82) is 5.26 Å². The number of nitrogens with one attached hydrogen (secondary N) is 1. The van der Waals surface area contributed by atoms with Crippen molar-refractivity contribution in [1.82, 2.24) is 20.1 Å². The number of rotatable bonds is 6. The Labute approximate surface area is 96.5 Å². The highest BCUT2D eigenvalue weighted by Crippen LogP contribution is 2.19. The number of aryl methyl sites for hydroxylation is 1. The minimum Gasteiger partial charge on any atom is -0.310 e. The average molecular weight is 221 g/mol. The van der Waals surface area contributed by atoms with Crippen molar-refractivity contribution >= 4 is 0 Å². The highest BCUT2D eigenvalue weighted by atomic mass is 15.3. The summed E-state index contributed by atoms with van der Waals surface area (Å²) in [5.41, 5.74) is -0.217. The molecule has 1 heterocycles. The fourth-order valence-corrected chi connectivity index (χ4v) is 1.38. The largest absolute Gasteiger partial charge is 0.310 e. The summed E-state index contributed by atoms with van der Waals surface area (Å²) >= 11 is 0. The summed E-state index contributed by atoms with van der Waals surface area (Å²) < 4.78 is 1.69. The molecule has 1 N–H and O–H groups in total. The van der Waals surface area contributed by atoms with Crippen molar-refractivity contribution in [3.05, 3.63) is 12.2 Å². The van der Waals surface area contributed by atoms with Gasteiger partial charge in [-0.25, -0.2) is 4.98 Å². The van der Waals surface area contributed by atoms with Crippen molar-refractivity contribution in [3.63, 3.8) is 0 Å². The van der Waals surface area contributed by atoms with Crippen LogP contribution in [-0.2, 0) is 13.6 Å². The van der Waals surface area contributed by atoms with Gasteiger partial charge in [0.2, 0.25) is 0 Å². The van der Waals surface area contributed by atoms with Crippen molar-refractivity contribution in [2.45, 2.75) is 33.2 Å². The van der Waals surface area contributed by atoms with Crippen molar-refractivity contribution in [3.8, 4) is 6.07 Å². The van der Waals surface area contributed by atoms with Crippen molar-refractivity contribution in [2.24, 2.45) is 12.5 Å². The van der Waals surface area contributed by atoms with Gasteiger partial charge in [-0.1, -0.05) is 0 Å². The first-order chi connectivity index (χ1) is 7.53. The van der Waals surface area contributed by atoms with E-state index in [-0.39, 0.29) is 5.41 Å². The number of aromatic nitrogens is 3. The van der Waals surface area contributed by atoms with Crippen LogP contribution in [-0.4, -0.2) is 21.3 Å². The normalized spacial score (nSPS) is 11.4. The van der Waals surface area contributed by atoms with Gasteiger partial charge in [-0.05, 0) is 33.2 Å². The van der Waals surface area contributed by atoms with E-state index < -0.39 is 0 Å². The number of hydrogen-bond donors (Lipinski definition) is 1. The Balaban J connectivity index is 2.11. The molecule has 0 aliphatic rings. The lowest BCUT2D eigenvalue weighted by atomic mass is 9.90. The van der Waals surface area contributed by atoms with Crippen LogP contribution in [0, 0.1) is 16.7 Å². The molecule has 0 aromatic carbocycles. The second-order valence-electron chi connectivity index (χ2n) is 4.61. The van der Waals surface area contributed by atoms with Gasteiger partial charge in [0.05, 0.1) is 18.0 Å². The lowest BCUT2D eigenvalue weighted by molar-refractivity contribution is 0.425. The summed E-state index contributed by atoms with van der Waals surface area (Å²) in [6.07, 6.45) is 3.59. The van der Waals surface area contributed by atoms with E-state index in [9.17, 15) is 0 Å². The van der Waals surface area contributed by atoms with Crippen LogP contribution in [0.4, 0.5) is 0 Å². The Morgan fingerprint density at radius 1 is 1.56 bits per heavy atom. The molecule has 0 radical (unpaired) electrons. The summed E-state index contributed by atoms with van der Waals surface area (Å²) in [6, 6.07) is 2.30. The maximum Gasteiger partial charge on any atom is 0.164 e. The number of nitrogens with zero attached hydrogens (tertiary/aromatic N) is 4. The van der Waals surface area contributed by atoms with Crippen LogP contribution in [0.5, 0.6) is 0 Å². The highest BCUT2D eigenvalue weighted by Gasteiger charge is 2.15. The Bertz CT molecular complexity index is 361. The van der Waals surface area contributed by atoms with Crippen LogP contribution < -0.4 is 5.32 Å². The van der Waals surface area contributed by atoms with Crippen molar-refractivity contribution < 1.29 is 0 Å². The fourth-order valence-electron chi connectivity index (χ4n) is 1.38. The molecule has 5 heteroatoms. The predicted molar refractivity (Wildman–Crippen MR) is 61.3 cm³/mol. The van der Waals surface area contributed by atoms with Crippen LogP contribution in [0.25, 0.3) is 0 Å². The Morgan fingerprint density at radius 3 is 2.88 bits per heavy atom. The van der Waals surface area contributed by atoms with E-state index in [1.54, 1.807) is 11.0 Å². The smallest absolute Gasteiger partial charge is 0.164 e. The standard InChI is InChI=1S/C11H19N5/c1-11(2,8-12)5-4-6-13-7-10-14-9-16(3)15-10/h9,13H,4-7H2,1-3H3. The molecular weight excluding hydrogens is 202 g/mol. The molecular formula is C11H19N5. The molecule has 0 amide bonds. The summed E-state index contributed by atoms with van der Waals surface area (Å²) in [6.45, 7) is 5.51. The third kappa shape index (κ3) is 4.41. The molecule has 1 aromatic rings. The minimum atomic E-state index is -0.217. The first-order valence-electron chi connectivity index (χ1n) is 5.50. The van der Waals surface area contributed by atoms with E-state index in [2.05, 4.69) is 21.5 Å². The Kier molecular flexibility index (Phi) is 4.44. The van der Waals surface area contributed by atoms with Crippen LogP contribution in [0.15, 0.2) is 6.33 Å². The van der Waals surface area contributed by atoms with Gasteiger partial charge in [-0.3, -0.25) is 4.68 Å². The van der Waals surface area contributed by atoms with E-state index >= 15 is 0 Å². The summed E-state index contributed by atoms with van der Waals surface area (Å²) in [5.74, 6) is 0.807. The first kappa shape index (κ1) is 12.7. The zero-order valence-electron chi connectivity index (χ0n) is 10.2. The third-order valence-electron chi connectivity index (χ3n) is 2.39. The lowest BCUT2D eigenvalue weighted by Gasteiger charge is -2.14. The molecule has 0 saturated heterocycles. The van der Waals surface area contributed by atoms with Gasteiger partial charge < -0.3 is 5.32 Å². The van der Waals surface area contributed by atoms with Crippen LogP contribution >= 0.6 is 0 Å². The van der Waals surface area contributed by atoms with Gasteiger partial charge in [0.25, 0.3) is 0 Å². The summed E-state index contributed by atoms with van der Waals surface area (Å²) in [4.78, 5) is 4.12. The Hall–Kier alpha value is -1.41. The molecule has 0 saturated carbocycles. The SMILES string of the molecule is Cn1cnc(CNCCCC(C)(C)C#N)n1. The predicted octanol–water partition coefficient (Wildman–Crippen LogP) is 1.23. The molecule has 88 valence electrons. The van der Waals surface area contributed by atoms with Gasteiger partial charge in [0, 0.05) is 7.05 Å². The topological polar surface area (TPSA) is 66.5 Å². The highest BCUT2D eigenvalue weighted by molar-refractivity contribution is 4.91. The van der Waals surface area contributed by atoms with Gasteiger partial charge in [0.1, 0.15) is 6.33 Å². The van der Waals surface area contributed by atoms with E-state index in [0.29, 0.717) is 6.54 Å². The Morgan fingerprint density at radius 2 is 2.31 bits per heavy atom. The summed E-state index contributed by atoms with van der Waals surface area (Å²) in [5, 5.41) is 16.3. The third-order valence-corrected chi connectivity index (χ3v) is 2.39. The van der Waals surface area contributed by atoms with Crippen LogP contribution in [0.3, 0.4) is 0 Å². The molecule has 0 aliphatic heterocycles. The molecule has 0 spiro atoms. The quantitative estimate of drug-likeness (QED) is 0.734. The monoisotopic (exact) mass is 221 g/mol. The minimum absolute atomic E-state index is 0.217. The molecule has 5 nitrogen and oxygen atoms in total. The summed E-state index contributed by atoms with van der Waals surface area (Å²) in [7, 11) is 1.85. The van der Waals surface area contributed by atoms with E-state index in [1.807, 2.05) is 20.9 Å². The molecule has 1 aromatic heterocycles. The zero-order chi connectivity index (χ0) is 12.0. The van der Waals surface area contributed by atoms with Gasteiger partial charge >= 0.3 is 0 Å². The number of hydrogen-bond acceptors (Lipinski definition) is 4. The van der Waals surface area contributed by atoms with Gasteiger partial charge in [0.15, 0.2) is 5.82 Å². The molecule has 0 aliphatic carbocycles. The maximum atomic E-state index is 8.84. The van der Waals surface area contributed by atoms with Gasteiger partial charge in [-0.15, -0.1) is 0 Å². The molecule has 1 rings (SSSR count). The van der Waals surface area contributed by atoms with Gasteiger partial charge in [-0.2, -0.15) is 10.4 Å². The fraction of sp³-hybridized carbons (Fsp3) is 0.727.